The second kappa shape index (κ2) is 11.8. The lowest BCUT2D eigenvalue weighted by Crippen LogP contribution is -2.57. The molecule has 0 saturated carbocycles. The summed E-state index contributed by atoms with van der Waals surface area (Å²) in [5, 5.41) is 12.3. The van der Waals surface area contributed by atoms with Gasteiger partial charge in [0.1, 0.15) is 5.60 Å². The van der Waals surface area contributed by atoms with E-state index in [1.807, 2.05) is 13.8 Å². The molecule has 0 aliphatic rings. The van der Waals surface area contributed by atoms with Crippen LogP contribution in [0.3, 0.4) is 0 Å². The molecule has 0 unspecified atom stereocenters. The summed E-state index contributed by atoms with van der Waals surface area (Å²) in [6.45, 7) is 9.43. The van der Waals surface area contributed by atoms with Crippen molar-refractivity contribution in [1.82, 2.24) is 25.7 Å². The molecule has 0 aliphatic heterocycles. The van der Waals surface area contributed by atoms with Gasteiger partial charge in [-0.1, -0.05) is 13.8 Å². The van der Waals surface area contributed by atoms with Crippen molar-refractivity contribution < 1.29 is 22.7 Å². The van der Waals surface area contributed by atoms with Gasteiger partial charge in [-0.3, -0.25) is 9.67 Å². The van der Waals surface area contributed by atoms with Gasteiger partial charge in [0.25, 0.3) is 0 Å². The zero-order chi connectivity index (χ0) is 23.2. The highest BCUT2D eigenvalue weighted by molar-refractivity contribution is 14.0. The smallest absolute Gasteiger partial charge is 0.435 e. The molecule has 0 fully saturated rings. The molecule has 12 heteroatoms. The second-order valence-electron chi connectivity index (χ2n) is 8.07. The van der Waals surface area contributed by atoms with E-state index in [-0.39, 0.29) is 36.1 Å². The number of aromatic nitrogens is 2. The normalized spacial score (nSPS) is 12.8. The highest BCUT2D eigenvalue weighted by Gasteiger charge is 2.37. The molecule has 1 aromatic rings. The first kappa shape index (κ1) is 29.3. The highest BCUT2D eigenvalue weighted by atomic mass is 127. The largest absolute Gasteiger partial charge is 0.444 e. The summed E-state index contributed by atoms with van der Waals surface area (Å²) in [5.41, 5.74) is -2.15. The van der Waals surface area contributed by atoms with Gasteiger partial charge >= 0.3 is 12.3 Å². The number of nitrogens with one attached hydrogen (secondary N) is 3. The van der Waals surface area contributed by atoms with Gasteiger partial charge in [-0.15, -0.1) is 24.0 Å². The minimum absolute atomic E-state index is 0. The second-order valence-corrected chi connectivity index (χ2v) is 8.07. The Hall–Kier alpha value is -1.73. The topological polar surface area (TPSA) is 92.6 Å². The molecule has 1 aromatic heterocycles. The Balaban J connectivity index is 0.00000900. The van der Waals surface area contributed by atoms with E-state index >= 15 is 0 Å². The zero-order valence-electron chi connectivity index (χ0n) is 19.1. The molecule has 0 aliphatic carbocycles. The quantitative estimate of drug-likeness (QED) is 0.267. The SMILES string of the molecule is CCC(CC)(CNC(=NC)NCc1cn(C)nc1C(F)(F)F)NC(=O)OC(C)(C)C.I. The molecule has 1 heterocycles. The van der Waals surface area contributed by atoms with Crippen LogP contribution in [0.2, 0.25) is 0 Å². The Morgan fingerprint density at radius 2 is 1.77 bits per heavy atom. The molecular formula is C19H34F3IN6O2. The maximum atomic E-state index is 13.1. The van der Waals surface area contributed by atoms with Crippen LogP contribution in [0.25, 0.3) is 0 Å². The molecule has 0 saturated heterocycles. The molecule has 0 radical (unpaired) electrons. The van der Waals surface area contributed by atoms with E-state index < -0.39 is 29.1 Å². The Morgan fingerprint density at radius 1 is 1.19 bits per heavy atom. The van der Waals surface area contributed by atoms with Gasteiger partial charge in [-0.25, -0.2) is 4.79 Å². The number of alkyl carbamates (subject to hydrolysis) is 1. The van der Waals surface area contributed by atoms with E-state index in [0.717, 1.165) is 4.68 Å². The minimum Gasteiger partial charge on any atom is -0.444 e. The summed E-state index contributed by atoms with van der Waals surface area (Å²) in [5.74, 6) is 0.309. The first-order chi connectivity index (χ1) is 13.7. The highest BCUT2D eigenvalue weighted by Crippen LogP contribution is 2.30. The Morgan fingerprint density at radius 3 is 2.23 bits per heavy atom. The summed E-state index contributed by atoms with van der Waals surface area (Å²) in [4.78, 5) is 16.3. The van der Waals surface area contributed by atoms with Gasteiger partial charge in [0.2, 0.25) is 0 Å². The van der Waals surface area contributed by atoms with Gasteiger partial charge in [-0.2, -0.15) is 18.3 Å². The maximum Gasteiger partial charge on any atom is 0.435 e. The standard InChI is InChI=1S/C19H33F3N6O2.HI/c1-8-18(9-2,26-16(29)30-17(3,4)5)12-25-15(23-6)24-10-13-11-28(7)27-14(13)19(20,21)22;/h11H,8-10,12H2,1-7H3,(H,26,29)(H2,23,24,25);1H. The van der Waals surface area contributed by atoms with E-state index in [1.54, 1.807) is 20.8 Å². The van der Waals surface area contributed by atoms with Crippen LogP contribution in [-0.2, 0) is 24.5 Å². The monoisotopic (exact) mass is 562 g/mol. The molecule has 1 amide bonds. The van der Waals surface area contributed by atoms with Crippen molar-refractivity contribution in [2.75, 3.05) is 13.6 Å². The van der Waals surface area contributed by atoms with E-state index in [1.165, 1.54) is 20.3 Å². The number of halogens is 4. The Bertz CT molecular complexity index is 740. The minimum atomic E-state index is -4.54. The predicted octanol–water partition coefficient (Wildman–Crippen LogP) is 3.81. The van der Waals surface area contributed by atoms with Crippen LogP contribution in [-0.4, -0.2) is 46.6 Å². The lowest BCUT2D eigenvalue weighted by Gasteiger charge is -2.34. The van der Waals surface area contributed by atoms with Crippen molar-refractivity contribution in [2.45, 2.75) is 71.3 Å². The number of carbonyl (C=O) groups is 1. The molecule has 1 rings (SSSR count). The van der Waals surface area contributed by atoms with Gasteiger partial charge < -0.3 is 20.7 Å². The number of hydrogen-bond acceptors (Lipinski definition) is 4. The van der Waals surface area contributed by atoms with E-state index in [0.29, 0.717) is 25.3 Å². The number of nitrogens with zero attached hydrogens (tertiary/aromatic N) is 3. The van der Waals surface area contributed by atoms with E-state index in [2.05, 4.69) is 26.0 Å². The number of alkyl halides is 3. The van der Waals surface area contributed by atoms with Crippen LogP contribution >= 0.6 is 24.0 Å². The average Bonchev–Trinajstić information content (AvgIpc) is 3.00. The first-order valence-electron chi connectivity index (χ1n) is 9.80. The number of aryl methyl sites for hydroxylation is 1. The van der Waals surface area contributed by atoms with Crippen molar-refractivity contribution >= 4 is 36.0 Å². The van der Waals surface area contributed by atoms with Gasteiger partial charge in [-0.05, 0) is 33.6 Å². The number of carbonyl (C=O) groups excluding carboxylic acids is 1. The summed E-state index contributed by atoms with van der Waals surface area (Å²) < 4.78 is 45.8. The molecule has 0 atom stereocenters. The number of ether oxygens (including phenoxy) is 1. The molecule has 180 valence electrons. The van der Waals surface area contributed by atoms with Gasteiger partial charge in [0.15, 0.2) is 11.7 Å². The third-order valence-corrected chi connectivity index (χ3v) is 4.56. The van der Waals surface area contributed by atoms with Crippen LogP contribution in [0.15, 0.2) is 11.2 Å². The number of guanidine groups is 1. The molecule has 3 N–H and O–H groups in total. The van der Waals surface area contributed by atoms with Crippen molar-refractivity contribution in [3.05, 3.63) is 17.5 Å². The third kappa shape index (κ3) is 9.52. The third-order valence-electron chi connectivity index (χ3n) is 4.56. The fourth-order valence-electron chi connectivity index (χ4n) is 2.80. The van der Waals surface area contributed by atoms with Crippen LogP contribution < -0.4 is 16.0 Å². The zero-order valence-corrected chi connectivity index (χ0v) is 21.4. The van der Waals surface area contributed by atoms with Gasteiger partial charge in [0, 0.05) is 38.9 Å². The fourth-order valence-corrected chi connectivity index (χ4v) is 2.80. The van der Waals surface area contributed by atoms with E-state index in [4.69, 9.17) is 4.74 Å². The lowest BCUT2D eigenvalue weighted by atomic mass is 9.93. The lowest BCUT2D eigenvalue weighted by molar-refractivity contribution is -0.142. The number of amides is 1. The fraction of sp³-hybridized carbons (Fsp3) is 0.737. The van der Waals surface area contributed by atoms with E-state index in [9.17, 15) is 18.0 Å². The molecule has 0 bridgehead atoms. The molecule has 0 aromatic carbocycles. The molecular weight excluding hydrogens is 528 g/mol. The summed E-state index contributed by atoms with van der Waals surface area (Å²) in [7, 11) is 2.95. The van der Waals surface area contributed by atoms with Crippen LogP contribution in [0.4, 0.5) is 18.0 Å². The number of rotatable bonds is 7. The average molecular weight is 562 g/mol. The summed E-state index contributed by atoms with van der Waals surface area (Å²) in [6, 6.07) is 0. The number of hydrogen-bond donors (Lipinski definition) is 3. The Labute approximate surface area is 198 Å². The first-order valence-corrected chi connectivity index (χ1v) is 9.80. The molecule has 0 spiro atoms. The van der Waals surface area contributed by atoms with Crippen LogP contribution in [0.5, 0.6) is 0 Å². The maximum absolute atomic E-state index is 13.1. The van der Waals surface area contributed by atoms with Gasteiger partial charge in [0.05, 0.1) is 5.54 Å². The molecule has 31 heavy (non-hydrogen) atoms. The summed E-state index contributed by atoms with van der Waals surface area (Å²) >= 11 is 0. The predicted molar refractivity (Wildman–Crippen MR) is 125 cm³/mol. The van der Waals surface area contributed by atoms with Crippen molar-refractivity contribution in [3.8, 4) is 0 Å². The molecule has 8 nitrogen and oxygen atoms in total. The number of aliphatic imine (C=N–C) groups is 1. The Kier molecular flexibility index (Phi) is 11.1. The van der Waals surface area contributed by atoms with Crippen LogP contribution in [0, 0.1) is 0 Å². The van der Waals surface area contributed by atoms with Crippen molar-refractivity contribution in [3.63, 3.8) is 0 Å². The van der Waals surface area contributed by atoms with Crippen LogP contribution in [0.1, 0.15) is 58.7 Å². The summed E-state index contributed by atoms with van der Waals surface area (Å²) in [6.07, 6.45) is -2.51. The van der Waals surface area contributed by atoms with Crippen molar-refractivity contribution in [2.24, 2.45) is 12.0 Å². The van der Waals surface area contributed by atoms with Crippen molar-refractivity contribution in [1.29, 1.82) is 0 Å².